The summed E-state index contributed by atoms with van der Waals surface area (Å²) in [6.07, 6.45) is 3.66. The van der Waals surface area contributed by atoms with Crippen molar-refractivity contribution < 1.29 is 4.79 Å². The Balaban J connectivity index is 1.67. The van der Waals surface area contributed by atoms with Crippen LogP contribution in [0, 0.1) is 5.92 Å². The summed E-state index contributed by atoms with van der Waals surface area (Å²) in [6, 6.07) is 11.8. The van der Waals surface area contributed by atoms with E-state index in [1.54, 1.807) is 6.07 Å². The average Bonchev–Trinajstić information content (AvgIpc) is 2.55. The molecule has 2 N–H and O–H groups in total. The van der Waals surface area contributed by atoms with Gasteiger partial charge < -0.3 is 10.3 Å². The van der Waals surface area contributed by atoms with E-state index in [-0.39, 0.29) is 17.0 Å². The van der Waals surface area contributed by atoms with E-state index >= 15 is 0 Å². The lowest BCUT2D eigenvalue weighted by Gasteiger charge is -2.21. The van der Waals surface area contributed by atoms with Gasteiger partial charge in [-0.25, -0.2) is 0 Å². The van der Waals surface area contributed by atoms with Crippen LogP contribution >= 0.6 is 0 Å². The van der Waals surface area contributed by atoms with Gasteiger partial charge in [-0.1, -0.05) is 37.3 Å². The zero-order chi connectivity index (χ0) is 16.2. The number of H-pyrrole nitrogens is 1. The van der Waals surface area contributed by atoms with Crippen LogP contribution in [0.1, 0.15) is 40.5 Å². The lowest BCUT2D eigenvalue weighted by atomic mass is 9.87. The molecule has 0 aliphatic heterocycles. The Hall–Kier alpha value is -2.36. The summed E-state index contributed by atoms with van der Waals surface area (Å²) >= 11 is 0. The average molecular weight is 310 g/mol. The van der Waals surface area contributed by atoms with E-state index in [0.717, 1.165) is 36.9 Å². The summed E-state index contributed by atoms with van der Waals surface area (Å²) in [4.78, 5) is 27.3. The number of pyridine rings is 1. The van der Waals surface area contributed by atoms with Crippen molar-refractivity contribution in [2.75, 3.05) is 6.54 Å². The molecule has 4 nitrogen and oxygen atoms in total. The van der Waals surface area contributed by atoms with Gasteiger partial charge in [0.1, 0.15) is 5.56 Å². The molecule has 1 aromatic heterocycles. The maximum Gasteiger partial charge on any atom is 0.261 e. The van der Waals surface area contributed by atoms with Gasteiger partial charge in [0.25, 0.3) is 11.5 Å². The Morgan fingerprint density at radius 2 is 2.09 bits per heavy atom. The molecule has 0 bridgehead atoms. The highest BCUT2D eigenvalue weighted by Crippen LogP contribution is 2.23. The molecule has 1 aromatic carbocycles. The summed E-state index contributed by atoms with van der Waals surface area (Å²) in [5.41, 5.74) is 3.22. The van der Waals surface area contributed by atoms with Crippen LogP contribution in [0.2, 0.25) is 0 Å². The molecule has 0 radical (unpaired) electrons. The topological polar surface area (TPSA) is 62.0 Å². The second kappa shape index (κ2) is 6.82. The van der Waals surface area contributed by atoms with E-state index in [9.17, 15) is 9.59 Å². The normalized spacial score (nSPS) is 16.7. The van der Waals surface area contributed by atoms with E-state index in [2.05, 4.69) is 17.2 Å². The lowest BCUT2D eigenvalue weighted by Crippen LogP contribution is -2.32. The van der Waals surface area contributed by atoms with Crippen LogP contribution in [0.5, 0.6) is 0 Å². The highest BCUT2D eigenvalue weighted by Gasteiger charge is 2.19. The number of hydrogen-bond donors (Lipinski definition) is 2. The van der Waals surface area contributed by atoms with Gasteiger partial charge in [-0.15, -0.1) is 0 Å². The van der Waals surface area contributed by atoms with Crippen molar-refractivity contribution in [3.8, 4) is 0 Å². The minimum absolute atomic E-state index is 0.228. The summed E-state index contributed by atoms with van der Waals surface area (Å²) < 4.78 is 0. The van der Waals surface area contributed by atoms with Crippen molar-refractivity contribution in [1.29, 1.82) is 0 Å². The van der Waals surface area contributed by atoms with Crippen LogP contribution in [0.15, 0.2) is 41.2 Å². The molecule has 4 heteroatoms. The summed E-state index contributed by atoms with van der Waals surface area (Å²) in [7, 11) is 0. The van der Waals surface area contributed by atoms with E-state index < -0.39 is 0 Å². The number of nitrogens with one attached hydrogen (secondary N) is 2. The van der Waals surface area contributed by atoms with Crippen LogP contribution in [-0.2, 0) is 19.3 Å². The smallest absolute Gasteiger partial charge is 0.261 e. The number of aryl methyl sites for hydroxylation is 1. The maximum absolute atomic E-state index is 12.3. The van der Waals surface area contributed by atoms with Gasteiger partial charge >= 0.3 is 0 Å². The number of aromatic nitrogens is 1. The molecular weight excluding hydrogens is 288 g/mol. The van der Waals surface area contributed by atoms with Crippen LogP contribution in [0.25, 0.3) is 0 Å². The maximum atomic E-state index is 12.3. The Morgan fingerprint density at radius 3 is 2.87 bits per heavy atom. The van der Waals surface area contributed by atoms with Crippen molar-refractivity contribution in [2.45, 2.75) is 32.6 Å². The highest BCUT2D eigenvalue weighted by molar-refractivity contribution is 5.94. The third-order valence-corrected chi connectivity index (χ3v) is 4.46. The molecule has 0 unspecified atom stereocenters. The van der Waals surface area contributed by atoms with Gasteiger partial charge in [0.15, 0.2) is 0 Å². The summed E-state index contributed by atoms with van der Waals surface area (Å²) in [5.74, 6) is 0.311. The van der Waals surface area contributed by atoms with Crippen molar-refractivity contribution in [3.63, 3.8) is 0 Å². The number of benzene rings is 1. The van der Waals surface area contributed by atoms with Gasteiger partial charge in [0.2, 0.25) is 0 Å². The summed E-state index contributed by atoms with van der Waals surface area (Å²) in [5, 5.41) is 2.85. The minimum Gasteiger partial charge on any atom is -0.352 e. The van der Waals surface area contributed by atoms with E-state index in [4.69, 9.17) is 0 Å². The number of rotatable bonds is 4. The Morgan fingerprint density at radius 1 is 1.30 bits per heavy atom. The fourth-order valence-electron chi connectivity index (χ4n) is 3.11. The predicted molar refractivity (Wildman–Crippen MR) is 90.7 cm³/mol. The van der Waals surface area contributed by atoms with Gasteiger partial charge in [0.05, 0.1) is 0 Å². The predicted octanol–water partition coefficient (Wildman–Crippen LogP) is 2.47. The van der Waals surface area contributed by atoms with Crippen LogP contribution in [0.3, 0.4) is 0 Å². The monoisotopic (exact) mass is 310 g/mol. The zero-order valence-electron chi connectivity index (χ0n) is 13.4. The van der Waals surface area contributed by atoms with Crippen molar-refractivity contribution in [2.24, 2.45) is 5.92 Å². The molecule has 2 aromatic rings. The third-order valence-electron chi connectivity index (χ3n) is 4.46. The molecule has 23 heavy (non-hydrogen) atoms. The van der Waals surface area contributed by atoms with Crippen LogP contribution in [0.4, 0.5) is 0 Å². The number of carbonyl (C=O) groups is 1. The quantitative estimate of drug-likeness (QED) is 0.911. The molecule has 1 aliphatic rings. The van der Waals surface area contributed by atoms with Crippen molar-refractivity contribution >= 4 is 5.91 Å². The first kappa shape index (κ1) is 15.5. The number of aromatic amines is 1. The molecule has 0 fully saturated rings. The number of carbonyl (C=O) groups excluding carboxylic acids is 1. The van der Waals surface area contributed by atoms with Gasteiger partial charge in [0, 0.05) is 12.2 Å². The number of hydrogen-bond acceptors (Lipinski definition) is 2. The third kappa shape index (κ3) is 3.70. The molecular formula is C19H22N2O2. The molecule has 3 rings (SSSR count). The molecule has 0 saturated carbocycles. The highest BCUT2D eigenvalue weighted by atomic mass is 16.2. The first-order valence-electron chi connectivity index (χ1n) is 8.20. The zero-order valence-corrected chi connectivity index (χ0v) is 13.4. The standard InChI is InChI=1S/C19H22N2O2/c1-13-7-8-17-15(11-13)12-16(19(23)21-17)18(22)20-10-9-14-5-3-2-4-6-14/h2-6,12-13H,7-11H2,1H3,(H,20,22)(H,21,23)/t13-/m0/s1. The van der Waals surface area contributed by atoms with E-state index in [1.807, 2.05) is 30.3 Å². The SMILES string of the molecule is C[C@H]1CCc2[nH]c(=O)c(C(=O)NCCc3ccccc3)cc2C1. The minimum atomic E-state index is -0.289. The Kier molecular flexibility index (Phi) is 4.60. The molecule has 1 amide bonds. The Bertz CT molecular complexity index is 750. The summed E-state index contributed by atoms with van der Waals surface area (Å²) in [6.45, 7) is 2.73. The first-order valence-corrected chi connectivity index (χ1v) is 8.20. The first-order chi connectivity index (χ1) is 11.1. The fourth-order valence-corrected chi connectivity index (χ4v) is 3.11. The largest absolute Gasteiger partial charge is 0.352 e. The molecule has 1 atom stereocenters. The second-order valence-electron chi connectivity index (χ2n) is 6.36. The second-order valence-corrected chi connectivity index (χ2v) is 6.36. The Labute approximate surface area is 135 Å². The van der Waals surface area contributed by atoms with Crippen LogP contribution in [-0.4, -0.2) is 17.4 Å². The molecule has 1 aliphatic carbocycles. The molecule has 0 spiro atoms. The molecule has 120 valence electrons. The lowest BCUT2D eigenvalue weighted by molar-refractivity contribution is 0.0952. The van der Waals surface area contributed by atoms with E-state index in [0.29, 0.717) is 12.5 Å². The fraction of sp³-hybridized carbons (Fsp3) is 0.368. The van der Waals surface area contributed by atoms with Gasteiger partial charge in [-0.05, 0) is 48.8 Å². The van der Waals surface area contributed by atoms with Gasteiger partial charge in [-0.3, -0.25) is 9.59 Å². The number of amides is 1. The van der Waals surface area contributed by atoms with Crippen molar-refractivity contribution in [1.82, 2.24) is 10.3 Å². The van der Waals surface area contributed by atoms with Gasteiger partial charge in [-0.2, -0.15) is 0 Å². The van der Waals surface area contributed by atoms with E-state index in [1.165, 1.54) is 5.56 Å². The number of fused-ring (bicyclic) bond motifs is 1. The van der Waals surface area contributed by atoms with Crippen LogP contribution < -0.4 is 10.9 Å². The molecule has 1 heterocycles. The van der Waals surface area contributed by atoms with Crippen molar-refractivity contribution in [3.05, 3.63) is 69.1 Å². The molecule has 0 saturated heterocycles.